The number of aliphatic hydroxyl groups is 1. The molecule has 0 saturated heterocycles. The van der Waals surface area contributed by atoms with Crippen LogP contribution in [-0.2, 0) is 6.42 Å². The lowest BCUT2D eigenvalue weighted by Gasteiger charge is -2.07. The zero-order valence-electron chi connectivity index (χ0n) is 14.1. The Morgan fingerprint density at radius 1 is 1.20 bits per heavy atom. The summed E-state index contributed by atoms with van der Waals surface area (Å²) in [6.07, 6.45) is 3.26. The van der Waals surface area contributed by atoms with Gasteiger partial charge in [-0.05, 0) is 41.8 Å². The van der Waals surface area contributed by atoms with Crippen LogP contribution in [0.15, 0.2) is 58.7 Å². The summed E-state index contributed by atoms with van der Waals surface area (Å²) < 4.78 is 0. The van der Waals surface area contributed by atoms with E-state index in [4.69, 9.17) is 11.6 Å². The maximum absolute atomic E-state index is 10.6. The standard InChI is InChI=1S/C19H20ClN3OS/c1-12(2)17-19(25-15-5-3-4-14(20)11-15)23-18(22-17)16(24)10-13-6-8-21-9-7-13/h3-9,11-12,16,24H,10H2,1-2H3,(H,22,23). The number of rotatable bonds is 6. The second-order valence-corrected chi connectivity index (χ2v) is 7.63. The van der Waals surface area contributed by atoms with Crippen molar-refractivity contribution < 1.29 is 5.11 Å². The van der Waals surface area contributed by atoms with E-state index < -0.39 is 6.10 Å². The van der Waals surface area contributed by atoms with Crippen molar-refractivity contribution in [3.8, 4) is 0 Å². The summed E-state index contributed by atoms with van der Waals surface area (Å²) >= 11 is 7.63. The van der Waals surface area contributed by atoms with Crippen molar-refractivity contribution >= 4 is 23.4 Å². The molecular weight excluding hydrogens is 354 g/mol. The molecule has 6 heteroatoms. The first-order chi connectivity index (χ1) is 12.0. The van der Waals surface area contributed by atoms with Gasteiger partial charge in [0.05, 0.1) is 5.69 Å². The molecule has 3 rings (SSSR count). The number of nitrogens with one attached hydrogen (secondary N) is 1. The summed E-state index contributed by atoms with van der Waals surface area (Å²) in [6.45, 7) is 4.21. The van der Waals surface area contributed by atoms with E-state index in [0.29, 0.717) is 17.3 Å². The van der Waals surface area contributed by atoms with Gasteiger partial charge in [-0.15, -0.1) is 0 Å². The first kappa shape index (κ1) is 18.0. The van der Waals surface area contributed by atoms with Gasteiger partial charge in [-0.1, -0.05) is 43.3 Å². The molecular formula is C19H20ClN3OS. The van der Waals surface area contributed by atoms with Crippen molar-refractivity contribution in [2.45, 2.75) is 42.2 Å². The Labute approximate surface area is 156 Å². The monoisotopic (exact) mass is 373 g/mol. The molecule has 1 aromatic carbocycles. The molecule has 2 aromatic heterocycles. The molecule has 0 radical (unpaired) electrons. The quantitative estimate of drug-likeness (QED) is 0.637. The van der Waals surface area contributed by atoms with Crippen LogP contribution in [0, 0.1) is 0 Å². The number of aromatic amines is 1. The first-order valence-electron chi connectivity index (χ1n) is 8.13. The lowest BCUT2D eigenvalue weighted by Crippen LogP contribution is -2.04. The van der Waals surface area contributed by atoms with E-state index in [-0.39, 0.29) is 5.92 Å². The molecule has 0 bridgehead atoms. The number of aromatic nitrogens is 3. The van der Waals surface area contributed by atoms with E-state index in [1.165, 1.54) is 0 Å². The lowest BCUT2D eigenvalue weighted by atomic mass is 10.1. The second-order valence-electron chi connectivity index (χ2n) is 6.13. The molecule has 1 unspecified atom stereocenters. The van der Waals surface area contributed by atoms with Gasteiger partial charge in [0, 0.05) is 28.7 Å². The van der Waals surface area contributed by atoms with Gasteiger partial charge in [0.1, 0.15) is 17.0 Å². The number of halogens is 1. The number of pyridine rings is 1. The molecule has 0 aliphatic heterocycles. The van der Waals surface area contributed by atoms with Crippen molar-refractivity contribution in [2.75, 3.05) is 0 Å². The van der Waals surface area contributed by atoms with E-state index in [2.05, 4.69) is 28.8 Å². The normalized spacial score (nSPS) is 12.5. The van der Waals surface area contributed by atoms with E-state index in [1.807, 2.05) is 36.4 Å². The number of H-pyrrole nitrogens is 1. The fourth-order valence-electron chi connectivity index (χ4n) is 2.50. The molecule has 0 aliphatic carbocycles. The van der Waals surface area contributed by atoms with Gasteiger partial charge < -0.3 is 10.1 Å². The Balaban J connectivity index is 1.84. The lowest BCUT2D eigenvalue weighted by molar-refractivity contribution is 0.169. The fraction of sp³-hybridized carbons (Fsp3) is 0.263. The summed E-state index contributed by atoms with van der Waals surface area (Å²) in [5.41, 5.74) is 2.04. The van der Waals surface area contributed by atoms with E-state index in [9.17, 15) is 5.11 Å². The average molecular weight is 374 g/mol. The van der Waals surface area contributed by atoms with Gasteiger partial charge in [-0.3, -0.25) is 4.98 Å². The van der Waals surface area contributed by atoms with E-state index in [0.717, 1.165) is 21.2 Å². The molecule has 0 spiro atoms. The predicted molar refractivity (Wildman–Crippen MR) is 101 cm³/mol. The van der Waals surface area contributed by atoms with Gasteiger partial charge >= 0.3 is 0 Å². The number of aliphatic hydroxyl groups excluding tert-OH is 1. The number of nitrogens with zero attached hydrogens (tertiary/aromatic N) is 2. The number of benzene rings is 1. The molecule has 0 fully saturated rings. The molecule has 25 heavy (non-hydrogen) atoms. The van der Waals surface area contributed by atoms with Crippen LogP contribution in [0.25, 0.3) is 0 Å². The van der Waals surface area contributed by atoms with Crippen molar-refractivity contribution in [1.29, 1.82) is 0 Å². The third-order valence-electron chi connectivity index (χ3n) is 3.80. The van der Waals surface area contributed by atoms with Crippen LogP contribution in [0.1, 0.15) is 43.0 Å². The van der Waals surface area contributed by atoms with Gasteiger partial charge in [-0.25, -0.2) is 4.98 Å². The minimum absolute atomic E-state index is 0.274. The minimum Gasteiger partial charge on any atom is -0.385 e. The highest BCUT2D eigenvalue weighted by molar-refractivity contribution is 7.99. The maximum Gasteiger partial charge on any atom is 0.136 e. The van der Waals surface area contributed by atoms with Crippen molar-refractivity contribution in [3.63, 3.8) is 0 Å². The molecule has 0 amide bonds. The highest BCUT2D eigenvalue weighted by Crippen LogP contribution is 2.34. The fourth-order valence-corrected chi connectivity index (χ4v) is 3.85. The van der Waals surface area contributed by atoms with Crippen LogP contribution >= 0.6 is 23.4 Å². The molecule has 0 aliphatic rings. The Kier molecular flexibility index (Phi) is 5.78. The SMILES string of the molecule is CC(C)c1[nH]c(C(O)Cc2ccncc2)nc1Sc1cccc(Cl)c1. The first-order valence-corrected chi connectivity index (χ1v) is 9.32. The van der Waals surface area contributed by atoms with Crippen LogP contribution < -0.4 is 0 Å². The Bertz CT molecular complexity index is 836. The molecule has 2 N–H and O–H groups in total. The second kappa shape index (κ2) is 8.04. The summed E-state index contributed by atoms with van der Waals surface area (Å²) in [6, 6.07) is 11.5. The zero-order valence-corrected chi connectivity index (χ0v) is 15.7. The number of hydrogen-bond donors (Lipinski definition) is 2. The zero-order chi connectivity index (χ0) is 17.8. The largest absolute Gasteiger partial charge is 0.385 e. The van der Waals surface area contributed by atoms with Crippen LogP contribution in [-0.4, -0.2) is 20.1 Å². The number of hydrogen-bond acceptors (Lipinski definition) is 4. The summed E-state index contributed by atoms with van der Waals surface area (Å²) in [4.78, 5) is 13.0. The third kappa shape index (κ3) is 4.63. The Hall–Kier alpha value is -1.82. The van der Waals surface area contributed by atoms with Crippen molar-refractivity contribution in [3.05, 3.63) is 70.9 Å². The number of imidazole rings is 1. The molecule has 130 valence electrons. The topological polar surface area (TPSA) is 61.8 Å². The van der Waals surface area contributed by atoms with Gasteiger partial charge in [0.2, 0.25) is 0 Å². The molecule has 4 nitrogen and oxygen atoms in total. The summed E-state index contributed by atoms with van der Waals surface area (Å²) in [5.74, 6) is 0.862. The molecule has 2 heterocycles. The van der Waals surface area contributed by atoms with E-state index in [1.54, 1.807) is 24.2 Å². The Morgan fingerprint density at radius 2 is 1.96 bits per heavy atom. The smallest absolute Gasteiger partial charge is 0.136 e. The van der Waals surface area contributed by atoms with Crippen LogP contribution in [0.4, 0.5) is 0 Å². The summed E-state index contributed by atoms with van der Waals surface area (Å²) in [7, 11) is 0. The van der Waals surface area contributed by atoms with E-state index >= 15 is 0 Å². The van der Waals surface area contributed by atoms with Gasteiger partial charge in [0.25, 0.3) is 0 Å². The van der Waals surface area contributed by atoms with Crippen LogP contribution in [0.5, 0.6) is 0 Å². The highest BCUT2D eigenvalue weighted by Gasteiger charge is 2.19. The minimum atomic E-state index is -0.686. The van der Waals surface area contributed by atoms with Gasteiger partial charge in [0.15, 0.2) is 0 Å². The molecule has 0 saturated carbocycles. The molecule has 3 aromatic rings. The predicted octanol–water partition coefficient (Wildman–Crippen LogP) is 5.01. The maximum atomic E-state index is 10.6. The average Bonchev–Trinajstić information content (AvgIpc) is 3.00. The third-order valence-corrected chi connectivity index (χ3v) is 5.03. The highest BCUT2D eigenvalue weighted by atomic mass is 35.5. The Morgan fingerprint density at radius 3 is 2.64 bits per heavy atom. The molecule has 1 atom stereocenters. The van der Waals surface area contributed by atoms with Crippen molar-refractivity contribution in [2.24, 2.45) is 0 Å². The van der Waals surface area contributed by atoms with Crippen LogP contribution in [0.3, 0.4) is 0 Å². The van der Waals surface area contributed by atoms with Crippen LogP contribution in [0.2, 0.25) is 5.02 Å². The van der Waals surface area contributed by atoms with Crippen molar-refractivity contribution in [1.82, 2.24) is 15.0 Å². The van der Waals surface area contributed by atoms with Gasteiger partial charge in [-0.2, -0.15) is 0 Å². The summed E-state index contributed by atoms with van der Waals surface area (Å²) in [5, 5.41) is 12.1.